The average Bonchev–Trinajstić information content (AvgIpc) is 3.52. The standard InChI is InChI=1S/C25H22F6N4O2/c26-24(27,28)15-36-21-18(12-17(14-33-21)35-11-10-32-22(35)25(29,30)31)20-13-23(37-34-20)9-5-4-8-19(23)16-6-2-1-3-7-16/h1-3,6-7,10-14,19,34H,4-5,8-9,15H2/t19-,23-/m0/s1. The van der Waals surface area contributed by atoms with E-state index in [2.05, 4.69) is 15.4 Å². The van der Waals surface area contributed by atoms with Crippen molar-refractivity contribution in [3.63, 3.8) is 0 Å². The highest BCUT2D eigenvalue weighted by Gasteiger charge is 2.46. The molecule has 12 heteroatoms. The summed E-state index contributed by atoms with van der Waals surface area (Å²) < 4.78 is 84.8. The lowest BCUT2D eigenvalue weighted by Crippen LogP contribution is -2.39. The third kappa shape index (κ3) is 5.15. The number of hydroxylamine groups is 1. The molecule has 1 N–H and O–H groups in total. The fourth-order valence-corrected chi connectivity index (χ4v) is 4.94. The molecule has 6 nitrogen and oxygen atoms in total. The maximum Gasteiger partial charge on any atom is 0.450 e. The molecule has 0 radical (unpaired) electrons. The van der Waals surface area contributed by atoms with Crippen LogP contribution < -0.4 is 10.2 Å². The van der Waals surface area contributed by atoms with E-state index in [9.17, 15) is 26.3 Å². The fourth-order valence-electron chi connectivity index (χ4n) is 4.94. The zero-order valence-corrected chi connectivity index (χ0v) is 19.3. The first kappa shape index (κ1) is 25.1. The highest BCUT2D eigenvalue weighted by atomic mass is 19.4. The SMILES string of the molecule is FC(F)(F)COc1ncc(-n2ccnc2C(F)(F)F)cc1C1=C[C@]2(CCCC[C@H]2c2ccccc2)ON1. The first-order chi connectivity index (χ1) is 17.6. The maximum atomic E-state index is 13.4. The minimum absolute atomic E-state index is 0.0337. The molecule has 0 bridgehead atoms. The number of ether oxygens (including phenoxy) is 1. The van der Waals surface area contributed by atoms with Gasteiger partial charge in [0.25, 0.3) is 0 Å². The van der Waals surface area contributed by atoms with Crippen molar-refractivity contribution >= 4 is 5.70 Å². The Kier molecular flexibility index (Phi) is 6.38. The minimum atomic E-state index is -4.75. The Balaban J connectivity index is 1.58. The highest BCUT2D eigenvalue weighted by Crippen LogP contribution is 2.48. The number of imidazole rings is 1. The number of rotatable bonds is 5. The van der Waals surface area contributed by atoms with E-state index in [4.69, 9.17) is 9.57 Å². The van der Waals surface area contributed by atoms with Crippen molar-refractivity contribution in [1.82, 2.24) is 20.0 Å². The van der Waals surface area contributed by atoms with Gasteiger partial charge < -0.3 is 4.74 Å². The van der Waals surface area contributed by atoms with E-state index in [0.717, 1.165) is 48.0 Å². The second-order valence-electron chi connectivity index (χ2n) is 8.99. The number of benzene rings is 1. The first-order valence-corrected chi connectivity index (χ1v) is 11.6. The molecule has 1 spiro atoms. The third-order valence-electron chi connectivity index (χ3n) is 6.51. The van der Waals surface area contributed by atoms with E-state index < -0.39 is 30.4 Å². The summed E-state index contributed by atoms with van der Waals surface area (Å²) in [6.45, 7) is -1.61. The van der Waals surface area contributed by atoms with Gasteiger partial charge in [0.15, 0.2) is 6.61 Å². The van der Waals surface area contributed by atoms with Gasteiger partial charge in [0.05, 0.1) is 23.1 Å². The number of halogens is 6. The van der Waals surface area contributed by atoms with Crippen molar-refractivity contribution < 1.29 is 35.9 Å². The zero-order valence-electron chi connectivity index (χ0n) is 19.3. The second kappa shape index (κ2) is 9.40. The molecule has 3 heterocycles. The van der Waals surface area contributed by atoms with Crippen molar-refractivity contribution in [2.45, 2.75) is 49.6 Å². The molecule has 196 valence electrons. The van der Waals surface area contributed by atoms with E-state index in [0.29, 0.717) is 6.42 Å². The van der Waals surface area contributed by atoms with Crippen LogP contribution in [-0.2, 0) is 11.0 Å². The van der Waals surface area contributed by atoms with E-state index in [1.54, 1.807) is 6.08 Å². The monoisotopic (exact) mass is 524 g/mol. The summed E-state index contributed by atoms with van der Waals surface area (Å²) >= 11 is 0. The molecule has 0 saturated heterocycles. The molecule has 1 aliphatic heterocycles. The first-order valence-electron chi connectivity index (χ1n) is 11.6. The summed E-state index contributed by atoms with van der Waals surface area (Å²) in [6, 6.07) is 11.0. The third-order valence-corrected chi connectivity index (χ3v) is 6.51. The van der Waals surface area contributed by atoms with E-state index in [1.165, 1.54) is 6.07 Å². The molecular formula is C25H22F6N4O2. The molecule has 3 aromatic rings. The Bertz CT molecular complexity index is 1290. The summed E-state index contributed by atoms with van der Waals surface area (Å²) in [5.74, 6) is -1.61. The number of nitrogens with zero attached hydrogens (tertiary/aromatic N) is 3. The number of hydrogen-bond donors (Lipinski definition) is 1. The molecule has 2 atom stereocenters. The van der Waals surface area contributed by atoms with Gasteiger partial charge >= 0.3 is 12.4 Å². The van der Waals surface area contributed by atoms with Crippen LogP contribution in [-0.4, -0.2) is 32.9 Å². The van der Waals surface area contributed by atoms with Crippen LogP contribution in [0.15, 0.2) is 61.1 Å². The predicted molar refractivity (Wildman–Crippen MR) is 120 cm³/mol. The van der Waals surface area contributed by atoms with Crippen molar-refractivity contribution in [3.8, 4) is 11.6 Å². The Morgan fingerprint density at radius 2 is 1.86 bits per heavy atom. The van der Waals surface area contributed by atoms with Crippen LogP contribution in [0.3, 0.4) is 0 Å². The van der Waals surface area contributed by atoms with Crippen molar-refractivity contribution in [2.24, 2.45) is 0 Å². The lowest BCUT2D eigenvalue weighted by atomic mass is 9.71. The van der Waals surface area contributed by atoms with Gasteiger partial charge in [-0.1, -0.05) is 43.2 Å². The van der Waals surface area contributed by atoms with Crippen LogP contribution in [0.4, 0.5) is 26.3 Å². The number of nitrogens with one attached hydrogen (secondary N) is 1. The van der Waals surface area contributed by atoms with Gasteiger partial charge in [-0.25, -0.2) is 9.97 Å². The van der Waals surface area contributed by atoms with E-state index >= 15 is 0 Å². The largest absolute Gasteiger partial charge is 0.468 e. The van der Waals surface area contributed by atoms with Crippen LogP contribution in [0.5, 0.6) is 5.88 Å². The molecule has 1 aliphatic carbocycles. The second-order valence-corrected chi connectivity index (χ2v) is 8.99. The van der Waals surface area contributed by atoms with Crippen molar-refractivity contribution in [2.75, 3.05) is 6.61 Å². The van der Waals surface area contributed by atoms with Crippen molar-refractivity contribution in [1.29, 1.82) is 0 Å². The lowest BCUT2D eigenvalue weighted by molar-refractivity contribution is -0.154. The summed E-state index contributed by atoms with van der Waals surface area (Å²) in [7, 11) is 0. The molecular weight excluding hydrogens is 502 g/mol. The van der Waals surface area contributed by atoms with Crippen LogP contribution in [0.1, 0.15) is 48.6 Å². The summed E-state index contributed by atoms with van der Waals surface area (Å²) in [6.07, 6.45) is -1.20. The van der Waals surface area contributed by atoms with Gasteiger partial charge in [0.2, 0.25) is 11.7 Å². The quantitative estimate of drug-likeness (QED) is 0.403. The molecule has 5 rings (SSSR count). The predicted octanol–water partition coefficient (Wildman–Crippen LogP) is 6.20. The van der Waals surface area contributed by atoms with Gasteiger partial charge in [-0.15, -0.1) is 0 Å². The number of aromatic nitrogens is 3. The van der Waals surface area contributed by atoms with Crippen molar-refractivity contribution in [3.05, 3.63) is 78.0 Å². The molecule has 2 aliphatic rings. The Labute approximate surface area is 207 Å². The normalized spacial score (nSPS) is 22.1. The van der Waals surface area contributed by atoms with Crippen LogP contribution in [0, 0.1) is 0 Å². The highest BCUT2D eigenvalue weighted by molar-refractivity contribution is 5.71. The van der Waals surface area contributed by atoms with E-state index in [1.807, 2.05) is 30.3 Å². The molecule has 2 aromatic heterocycles. The number of hydrogen-bond acceptors (Lipinski definition) is 5. The Hall–Kier alpha value is -3.54. The van der Waals surface area contributed by atoms with Crippen LogP contribution in [0.2, 0.25) is 0 Å². The van der Waals surface area contributed by atoms with Gasteiger partial charge in [0, 0.05) is 18.3 Å². The topological polar surface area (TPSA) is 61.2 Å². The van der Waals surface area contributed by atoms with Crippen LogP contribution in [0.25, 0.3) is 11.4 Å². The van der Waals surface area contributed by atoms with Gasteiger partial charge in [0.1, 0.15) is 5.60 Å². The molecule has 1 aromatic carbocycles. The summed E-state index contributed by atoms with van der Waals surface area (Å²) in [4.78, 5) is 13.4. The zero-order chi connectivity index (χ0) is 26.3. The van der Waals surface area contributed by atoms with Gasteiger partial charge in [-0.2, -0.15) is 26.3 Å². The summed E-state index contributed by atoms with van der Waals surface area (Å²) in [5, 5.41) is 0. The van der Waals surface area contributed by atoms with Gasteiger partial charge in [-0.3, -0.25) is 14.9 Å². The molecule has 0 amide bonds. The van der Waals surface area contributed by atoms with E-state index in [-0.39, 0.29) is 28.7 Å². The maximum absolute atomic E-state index is 13.4. The summed E-state index contributed by atoms with van der Waals surface area (Å²) in [5.41, 5.74) is 3.32. The molecule has 1 fully saturated rings. The van der Waals surface area contributed by atoms with Gasteiger partial charge in [-0.05, 0) is 30.5 Å². The smallest absolute Gasteiger partial charge is 0.450 e. The van der Waals surface area contributed by atoms with Crippen LogP contribution >= 0.6 is 0 Å². The number of alkyl halides is 6. The molecule has 1 saturated carbocycles. The fraction of sp³-hybridized carbons (Fsp3) is 0.360. The number of pyridine rings is 1. The Morgan fingerprint density at radius 1 is 1.08 bits per heavy atom. The molecule has 37 heavy (non-hydrogen) atoms. The Morgan fingerprint density at radius 3 is 2.59 bits per heavy atom. The average molecular weight is 524 g/mol. The minimum Gasteiger partial charge on any atom is -0.468 e. The lowest BCUT2D eigenvalue weighted by Gasteiger charge is -2.38. The molecule has 0 unspecified atom stereocenters.